The molecular weight excluding hydrogens is 371 g/mol. The monoisotopic (exact) mass is 396 g/mol. The number of β-amino-alcohol motifs (C(OH)–C–C–N with tert-alkyl or cyclic N) is 1. The quantitative estimate of drug-likeness (QED) is 0.524. The van der Waals surface area contributed by atoms with Crippen LogP contribution in [-0.2, 0) is 11.3 Å². The molecule has 1 aliphatic rings. The molecule has 1 unspecified atom stereocenters. The smallest absolute Gasteiger partial charge is 0.0900 e. The Morgan fingerprint density at radius 2 is 1.42 bits per heavy atom. The van der Waals surface area contributed by atoms with Crippen LogP contribution in [0.15, 0.2) is 60.7 Å². The average molecular weight is 397 g/mol. The SMILES string of the molecule is OC(COCc1ccccc1)CN1CCN(c2ccccc2)CC1.[Cl-].[Cl-]. The number of para-hydroxylation sites is 1. The van der Waals surface area contributed by atoms with E-state index in [0.29, 0.717) is 19.8 Å². The molecule has 1 saturated heterocycles. The summed E-state index contributed by atoms with van der Waals surface area (Å²) in [6.07, 6.45) is -0.433. The maximum absolute atomic E-state index is 10.2. The lowest BCUT2D eigenvalue weighted by molar-refractivity contribution is -0.001000. The molecule has 144 valence electrons. The Bertz CT molecular complexity index is 593. The Hall–Kier alpha value is -1.30. The van der Waals surface area contributed by atoms with Crippen molar-refractivity contribution in [2.45, 2.75) is 12.7 Å². The average Bonchev–Trinajstić information content (AvgIpc) is 2.64. The van der Waals surface area contributed by atoms with E-state index < -0.39 is 6.10 Å². The molecule has 0 radical (unpaired) electrons. The van der Waals surface area contributed by atoms with Gasteiger partial charge in [-0.1, -0.05) is 48.5 Å². The van der Waals surface area contributed by atoms with Crippen LogP contribution in [0.5, 0.6) is 0 Å². The van der Waals surface area contributed by atoms with Gasteiger partial charge in [0.1, 0.15) is 0 Å². The van der Waals surface area contributed by atoms with Crippen LogP contribution in [0.4, 0.5) is 5.69 Å². The van der Waals surface area contributed by atoms with Crippen molar-refractivity contribution in [3.63, 3.8) is 0 Å². The van der Waals surface area contributed by atoms with Crippen LogP contribution in [0, 0.1) is 0 Å². The first-order chi connectivity index (χ1) is 11.8. The van der Waals surface area contributed by atoms with Gasteiger partial charge in [0.2, 0.25) is 0 Å². The summed E-state index contributed by atoms with van der Waals surface area (Å²) in [5, 5.41) is 10.2. The summed E-state index contributed by atoms with van der Waals surface area (Å²) < 4.78 is 5.63. The van der Waals surface area contributed by atoms with Crippen LogP contribution in [0.25, 0.3) is 0 Å². The van der Waals surface area contributed by atoms with Crippen molar-refractivity contribution in [1.82, 2.24) is 4.90 Å². The van der Waals surface area contributed by atoms with Gasteiger partial charge < -0.3 is 39.6 Å². The summed E-state index contributed by atoms with van der Waals surface area (Å²) in [5.41, 5.74) is 2.42. The molecule has 1 atom stereocenters. The number of hydrogen-bond donors (Lipinski definition) is 1. The molecule has 2 aromatic rings. The van der Waals surface area contributed by atoms with Crippen molar-refractivity contribution in [3.8, 4) is 0 Å². The van der Waals surface area contributed by atoms with Crippen LogP contribution >= 0.6 is 0 Å². The number of rotatable bonds is 7. The van der Waals surface area contributed by atoms with Crippen LogP contribution < -0.4 is 29.7 Å². The molecule has 2 aromatic carbocycles. The fourth-order valence-corrected chi connectivity index (χ4v) is 3.07. The zero-order valence-electron chi connectivity index (χ0n) is 14.8. The second kappa shape index (κ2) is 12.2. The van der Waals surface area contributed by atoms with Gasteiger partial charge in [0.25, 0.3) is 0 Å². The van der Waals surface area contributed by atoms with Crippen molar-refractivity contribution in [2.24, 2.45) is 0 Å². The number of nitrogens with zero attached hydrogens (tertiary/aromatic N) is 2. The summed E-state index contributed by atoms with van der Waals surface area (Å²) in [7, 11) is 0. The molecule has 0 saturated carbocycles. The van der Waals surface area contributed by atoms with Crippen molar-refractivity contribution in [3.05, 3.63) is 66.2 Å². The molecular formula is C20H26Cl2N2O2-2. The highest BCUT2D eigenvalue weighted by molar-refractivity contribution is 5.46. The zero-order valence-corrected chi connectivity index (χ0v) is 16.3. The number of halogens is 2. The van der Waals surface area contributed by atoms with E-state index in [1.807, 2.05) is 36.4 Å². The van der Waals surface area contributed by atoms with Gasteiger partial charge in [-0.15, -0.1) is 0 Å². The summed E-state index contributed by atoms with van der Waals surface area (Å²) >= 11 is 0. The van der Waals surface area contributed by atoms with Crippen molar-refractivity contribution in [1.29, 1.82) is 0 Å². The molecule has 0 amide bonds. The van der Waals surface area contributed by atoms with Crippen molar-refractivity contribution < 1.29 is 34.7 Å². The standard InChI is InChI=1S/C20H26N2O2.2ClH/c23-20(17-24-16-18-7-3-1-4-8-18)15-21-11-13-22(14-12-21)19-9-5-2-6-10-19;;/h1-10,20,23H,11-17H2;2*1H/p-2. The van der Waals surface area contributed by atoms with E-state index in [0.717, 1.165) is 31.7 Å². The molecule has 0 bridgehead atoms. The Labute approximate surface area is 168 Å². The largest absolute Gasteiger partial charge is 1.00 e. The fraction of sp³-hybridized carbons (Fsp3) is 0.400. The van der Waals surface area contributed by atoms with Gasteiger partial charge >= 0.3 is 0 Å². The lowest BCUT2D eigenvalue weighted by atomic mass is 10.2. The molecule has 0 spiro atoms. The highest BCUT2D eigenvalue weighted by atomic mass is 35.5. The van der Waals surface area contributed by atoms with E-state index in [4.69, 9.17) is 4.74 Å². The van der Waals surface area contributed by atoms with Crippen molar-refractivity contribution in [2.75, 3.05) is 44.2 Å². The van der Waals surface area contributed by atoms with E-state index in [-0.39, 0.29) is 24.8 Å². The topological polar surface area (TPSA) is 35.9 Å². The molecule has 26 heavy (non-hydrogen) atoms. The zero-order chi connectivity index (χ0) is 16.6. The minimum absolute atomic E-state index is 0. The van der Waals surface area contributed by atoms with E-state index >= 15 is 0 Å². The fourth-order valence-electron chi connectivity index (χ4n) is 3.07. The number of benzene rings is 2. The lowest BCUT2D eigenvalue weighted by Crippen LogP contribution is -3.00. The number of aliphatic hydroxyl groups is 1. The van der Waals surface area contributed by atoms with E-state index in [1.54, 1.807) is 0 Å². The maximum atomic E-state index is 10.2. The first kappa shape index (κ1) is 22.7. The van der Waals surface area contributed by atoms with Crippen LogP contribution in [0.3, 0.4) is 0 Å². The highest BCUT2D eigenvalue weighted by Gasteiger charge is 2.19. The normalized spacial score (nSPS) is 15.7. The van der Waals surface area contributed by atoms with Gasteiger partial charge in [0.15, 0.2) is 0 Å². The van der Waals surface area contributed by atoms with Gasteiger partial charge in [-0.05, 0) is 17.7 Å². The van der Waals surface area contributed by atoms with E-state index in [9.17, 15) is 5.11 Å². The summed E-state index contributed by atoms with van der Waals surface area (Å²) in [5.74, 6) is 0. The lowest BCUT2D eigenvalue weighted by Gasteiger charge is -2.36. The second-order valence-electron chi connectivity index (χ2n) is 6.28. The van der Waals surface area contributed by atoms with Crippen LogP contribution in [0.2, 0.25) is 0 Å². The molecule has 6 heteroatoms. The van der Waals surface area contributed by atoms with Gasteiger partial charge in [0, 0.05) is 38.4 Å². The summed E-state index contributed by atoms with van der Waals surface area (Å²) in [6.45, 7) is 5.57. The molecule has 0 aromatic heterocycles. The Balaban J connectivity index is 0.00000169. The number of anilines is 1. The predicted molar refractivity (Wildman–Crippen MR) is 97.2 cm³/mol. The Kier molecular flexibility index (Phi) is 10.6. The Morgan fingerprint density at radius 1 is 0.846 bits per heavy atom. The summed E-state index contributed by atoms with van der Waals surface area (Å²) in [6, 6.07) is 20.6. The van der Waals surface area contributed by atoms with Crippen LogP contribution in [-0.4, -0.2) is 55.4 Å². The third kappa shape index (κ3) is 7.14. The van der Waals surface area contributed by atoms with Gasteiger partial charge in [0.05, 0.1) is 19.3 Å². The van der Waals surface area contributed by atoms with Gasteiger partial charge in [-0.2, -0.15) is 0 Å². The van der Waals surface area contributed by atoms with Gasteiger partial charge in [-0.3, -0.25) is 4.90 Å². The molecule has 1 heterocycles. The first-order valence-corrected chi connectivity index (χ1v) is 8.63. The molecule has 1 fully saturated rings. The molecule has 1 N–H and O–H groups in total. The highest BCUT2D eigenvalue weighted by Crippen LogP contribution is 2.15. The number of piperazine rings is 1. The first-order valence-electron chi connectivity index (χ1n) is 8.63. The number of hydrogen-bond acceptors (Lipinski definition) is 4. The minimum atomic E-state index is -0.433. The Morgan fingerprint density at radius 3 is 2.04 bits per heavy atom. The van der Waals surface area contributed by atoms with E-state index in [1.165, 1.54) is 5.69 Å². The molecule has 0 aliphatic carbocycles. The summed E-state index contributed by atoms with van der Waals surface area (Å²) in [4.78, 5) is 4.71. The van der Waals surface area contributed by atoms with E-state index in [2.05, 4.69) is 34.1 Å². The third-order valence-electron chi connectivity index (χ3n) is 4.38. The maximum Gasteiger partial charge on any atom is 0.0900 e. The van der Waals surface area contributed by atoms with Gasteiger partial charge in [-0.25, -0.2) is 0 Å². The molecule has 3 rings (SSSR count). The predicted octanol–water partition coefficient (Wildman–Crippen LogP) is -3.61. The minimum Gasteiger partial charge on any atom is -1.00 e. The number of aliphatic hydroxyl groups excluding tert-OH is 1. The van der Waals surface area contributed by atoms with Crippen LogP contribution in [0.1, 0.15) is 5.56 Å². The number of ether oxygens (including phenoxy) is 1. The molecule has 4 nitrogen and oxygen atoms in total. The molecule has 1 aliphatic heterocycles. The third-order valence-corrected chi connectivity index (χ3v) is 4.38. The second-order valence-corrected chi connectivity index (χ2v) is 6.28. The van der Waals surface area contributed by atoms with Crippen molar-refractivity contribution >= 4 is 5.69 Å².